The number of nitrogens with zero attached hydrogens (tertiary/aromatic N) is 2. The van der Waals surface area contributed by atoms with E-state index in [-0.39, 0.29) is 18.2 Å². The van der Waals surface area contributed by atoms with Crippen molar-refractivity contribution in [2.24, 2.45) is 0 Å². The zero-order valence-electron chi connectivity index (χ0n) is 14.2. The van der Waals surface area contributed by atoms with Crippen molar-refractivity contribution in [2.45, 2.75) is 45.1 Å². The minimum Gasteiger partial charge on any atom is -0.354 e. The van der Waals surface area contributed by atoms with Crippen molar-refractivity contribution in [3.05, 3.63) is 35.7 Å². The molecule has 25 heavy (non-hydrogen) atoms. The maximum Gasteiger partial charge on any atom is 0.242 e. The lowest BCUT2D eigenvalue weighted by molar-refractivity contribution is -0.128. The molecule has 3 rings (SSSR count). The van der Waals surface area contributed by atoms with E-state index >= 15 is 0 Å². The van der Waals surface area contributed by atoms with Gasteiger partial charge in [-0.25, -0.2) is 0 Å². The molecule has 132 valence electrons. The fraction of sp³-hybridized carbons (Fsp3) is 0.444. The Morgan fingerprint density at radius 2 is 2.12 bits per heavy atom. The number of aryl methyl sites for hydroxylation is 2. The van der Waals surface area contributed by atoms with Gasteiger partial charge in [0, 0.05) is 24.9 Å². The third kappa shape index (κ3) is 4.65. The van der Waals surface area contributed by atoms with E-state index in [1.54, 1.807) is 0 Å². The number of nitrogens with one attached hydrogen (secondary N) is 2. The van der Waals surface area contributed by atoms with Gasteiger partial charge in [-0.15, -0.1) is 0 Å². The molecule has 0 radical (unpaired) electrons. The van der Waals surface area contributed by atoms with Crippen LogP contribution in [0, 0.1) is 6.92 Å². The van der Waals surface area contributed by atoms with Gasteiger partial charge in [0.15, 0.2) is 0 Å². The molecular weight excluding hydrogens is 320 g/mol. The van der Waals surface area contributed by atoms with Gasteiger partial charge in [0.1, 0.15) is 6.04 Å². The maximum absolute atomic E-state index is 12.1. The molecule has 2 amide bonds. The van der Waals surface area contributed by atoms with Gasteiger partial charge in [-0.1, -0.05) is 35.0 Å². The number of carbonyl (C=O) groups excluding carboxylic acids is 2. The van der Waals surface area contributed by atoms with Gasteiger partial charge < -0.3 is 15.2 Å². The average Bonchev–Trinajstić information content (AvgIpc) is 2.99. The number of rotatable bonds is 5. The summed E-state index contributed by atoms with van der Waals surface area (Å²) >= 11 is 0. The smallest absolute Gasteiger partial charge is 0.242 e. The predicted molar refractivity (Wildman–Crippen MR) is 91.6 cm³/mol. The van der Waals surface area contributed by atoms with Crippen LogP contribution in [0.15, 0.2) is 28.8 Å². The lowest BCUT2D eigenvalue weighted by atomic mass is 10.1. The molecule has 0 unspecified atom stereocenters. The van der Waals surface area contributed by atoms with E-state index in [0.717, 1.165) is 24.0 Å². The molecule has 1 atom stereocenters. The number of aromatic nitrogens is 2. The zero-order valence-corrected chi connectivity index (χ0v) is 14.2. The quantitative estimate of drug-likeness (QED) is 0.863. The first-order valence-electron chi connectivity index (χ1n) is 8.58. The van der Waals surface area contributed by atoms with Gasteiger partial charge in [0.05, 0.1) is 0 Å². The Bertz CT molecular complexity index is 739. The van der Waals surface area contributed by atoms with E-state index in [0.29, 0.717) is 31.1 Å². The van der Waals surface area contributed by atoms with Crippen molar-refractivity contribution in [3.8, 4) is 11.4 Å². The number of hydrogen-bond acceptors (Lipinski definition) is 5. The second kappa shape index (κ2) is 7.92. The SMILES string of the molecule is Cc1ccc(-c2noc(CCC(=O)N[C@H]3CCCCNC3=O)n2)cc1. The van der Waals surface area contributed by atoms with Crippen molar-refractivity contribution < 1.29 is 14.1 Å². The van der Waals surface area contributed by atoms with Crippen molar-refractivity contribution in [1.82, 2.24) is 20.8 Å². The minimum atomic E-state index is -0.444. The first-order chi connectivity index (χ1) is 12.1. The summed E-state index contributed by atoms with van der Waals surface area (Å²) in [7, 11) is 0. The molecule has 1 aromatic heterocycles. The Labute approximate surface area is 146 Å². The van der Waals surface area contributed by atoms with Crippen molar-refractivity contribution in [1.29, 1.82) is 0 Å². The maximum atomic E-state index is 12.1. The van der Waals surface area contributed by atoms with E-state index in [2.05, 4.69) is 20.8 Å². The highest BCUT2D eigenvalue weighted by molar-refractivity contribution is 5.87. The largest absolute Gasteiger partial charge is 0.354 e. The van der Waals surface area contributed by atoms with E-state index < -0.39 is 6.04 Å². The molecule has 2 heterocycles. The van der Waals surface area contributed by atoms with Crippen LogP contribution in [0.2, 0.25) is 0 Å². The minimum absolute atomic E-state index is 0.106. The van der Waals surface area contributed by atoms with Crippen molar-refractivity contribution in [2.75, 3.05) is 6.54 Å². The highest BCUT2D eigenvalue weighted by Crippen LogP contribution is 2.16. The van der Waals surface area contributed by atoms with E-state index in [1.807, 2.05) is 31.2 Å². The first kappa shape index (κ1) is 17.1. The second-order valence-electron chi connectivity index (χ2n) is 6.28. The Morgan fingerprint density at radius 1 is 1.32 bits per heavy atom. The van der Waals surface area contributed by atoms with Crippen molar-refractivity contribution >= 4 is 11.8 Å². The average molecular weight is 342 g/mol. The standard InChI is InChI=1S/C18H22N4O3/c1-12-5-7-13(8-6-12)17-21-16(25-22-17)10-9-15(23)20-14-4-2-3-11-19-18(14)24/h5-8,14H,2-4,9-11H2,1H3,(H,19,24)(H,20,23)/t14-/m0/s1. The summed E-state index contributed by atoms with van der Waals surface area (Å²) in [5.74, 6) is 0.636. The molecular formula is C18H22N4O3. The summed E-state index contributed by atoms with van der Waals surface area (Å²) in [5.41, 5.74) is 2.03. The van der Waals surface area contributed by atoms with Crippen LogP contribution in [0.1, 0.15) is 37.1 Å². The summed E-state index contributed by atoms with van der Waals surface area (Å²) in [5, 5.41) is 9.54. The summed E-state index contributed by atoms with van der Waals surface area (Å²) in [6, 6.07) is 7.39. The van der Waals surface area contributed by atoms with Gasteiger partial charge >= 0.3 is 0 Å². The number of amides is 2. The molecule has 0 aliphatic carbocycles. The highest BCUT2D eigenvalue weighted by atomic mass is 16.5. The van der Waals surface area contributed by atoms with Gasteiger partial charge in [0.2, 0.25) is 23.5 Å². The van der Waals surface area contributed by atoms with E-state index in [4.69, 9.17) is 4.52 Å². The van der Waals surface area contributed by atoms with Crippen LogP contribution >= 0.6 is 0 Å². The first-order valence-corrected chi connectivity index (χ1v) is 8.58. The Balaban J connectivity index is 1.52. The molecule has 7 nitrogen and oxygen atoms in total. The van der Waals surface area contributed by atoms with Gasteiger partial charge in [-0.05, 0) is 26.2 Å². The predicted octanol–water partition coefficient (Wildman–Crippen LogP) is 1.76. The molecule has 1 aliphatic heterocycles. The van der Waals surface area contributed by atoms with Gasteiger partial charge in [0.25, 0.3) is 0 Å². The molecule has 2 aromatic rings. The van der Waals surface area contributed by atoms with Crippen LogP contribution in [-0.2, 0) is 16.0 Å². The molecule has 0 spiro atoms. The van der Waals surface area contributed by atoms with Crippen LogP contribution < -0.4 is 10.6 Å². The fourth-order valence-electron chi connectivity index (χ4n) is 2.74. The lowest BCUT2D eigenvalue weighted by Crippen LogP contribution is -2.45. The third-order valence-corrected chi connectivity index (χ3v) is 4.21. The number of benzene rings is 1. The zero-order chi connectivity index (χ0) is 17.6. The van der Waals surface area contributed by atoms with Crippen molar-refractivity contribution in [3.63, 3.8) is 0 Å². The summed E-state index contributed by atoms with van der Waals surface area (Å²) in [6.07, 6.45) is 3.10. The molecule has 2 N–H and O–H groups in total. The molecule has 1 saturated heterocycles. The topological polar surface area (TPSA) is 97.1 Å². The Kier molecular flexibility index (Phi) is 5.42. The third-order valence-electron chi connectivity index (χ3n) is 4.21. The summed E-state index contributed by atoms with van der Waals surface area (Å²) < 4.78 is 5.21. The van der Waals surface area contributed by atoms with Crippen LogP contribution in [0.3, 0.4) is 0 Å². The number of carbonyl (C=O) groups is 2. The normalized spacial score (nSPS) is 17.6. The lowest BCUT2D eigenvalue weighted by Gasteiger charge is -2.14. The molecule has 1 aromatic carbocycles. The molecule has 7 heteroatoms. The molecule has 1 fully saturated rings. The molecule has 0 saturated carbocycles. The fourth-order valence-corrected chi connectivity index (χ4v) is 2.74. The van der Waals surface area contributed by atoms with Crippen LogP contribution in [-0.4, -0.2) is 34.5 Å². The van der Waals surface area contributed by atoms with Crippen LogP contribution in [0.25, 0.3) is 11.4 Å². The van der Waals surface area contributed by atoms with E-state index in [9.17, 15) is 9.59 Å². The van der Waals surface area contributed by atoms with Gasteiger partial charge in [-0.3, -0.25) is 9.59 Å². The summed E-state index contributed by atoms with van der Waals surface area (Å²) in [6.45, 7) is 2.69. The summed E-state index contributed by atoms with van der Waals surface area (Å²) in [4.78, 5) is 28.2. The van der Waals surface area contributed by atoms with E-state index in [1.165, 1.54) is 0 Å². The molecule has 0 bridgehead atoms. The van der Waals surface area contributed by atoms with Gasteiger partial charge in [-0.2, -0.15) is 4.98 Å². The number of hydrogen-bond donors (Lipinski definition) is 2. The second-order valence-corrected chi connectivity index (χ2v) is 6.28. The highest BCUT2D eigenvalue weighted by Gasteiger charge is 2.22. The van der Waals surface area contributed by atoms with Crippen LogP contribution in [0.4, 0.5) is 0 Å². The monoisotopic (exact) mass is 342 g/mol. The Hall–Kier alpha value is -2.70. The van der Waals surface area contributed by atoms with Crippen LogP contribution in [0.5, 0.6) is 0 Å². The molecule has 1 aliphatic rings. The Morgan fingerprint density at radius 3 is 2.92 bits per heavy atom.